The van der Waals surface area contributed by atoms with Crippen LogP contribution >= 0.6 is 0 Å². The molecular weight excluding hydrogens is 310 g/mol. The molecule has 2 aliphatic rings. The molecular formula is C17H31N3O4. The average molecular weight is 341 g/mol. The van der Waals surface area contributed by atoms with Crippen molar-refractivity contribution in [2.24, 2.45) is 0 Å². The number of nitrogens with one attached hydrogen (secondary N) is 2. The minimum Gasteiger partial charge on any atom is -0.480 e. The van der Waals surface area contributed by atoms with Crippen molar-refractivity contribution in [3.8, 4) is 0 Å². The molecule has 0 saturated heterocycles. The Kier molecular flexibility index (Phi) is 6.86. The third kappa shape index (κ3) is 5.08. The van der Waals surface area contributed by atoms with Crippen LogP contribution in [0.3, 0.4) is 0 Å². The van der Waals surface area contributed by atoms with E-state index in [9.17, 15) is 9.59 Å². The first kappa shape index (κ1) is 19.0. The smallest absolute Gasteiger partial charge is 0.317 e. The monoisotopic (exact) mass is 341 g/mol. The molecule has 0 radical (unpaired) electrons. The Morgan fingerprint density at radius 1 is 1.25 bits per heavy atom. The van der Waals surface area contributed by atoms with Gasteiger partial charge in [0.15, 0.2) is 0 Å². The third-order valence-electron chi connectivity index (χ3n) is 5.25. The van der Waals surface area contributed by atoms with E-state index >= 15 is 0 Å². The number of rotatable bonds is 9. The van der Waals surface area contributed by atoms with Crippen molar-refractivity contribution in [3.63, 3.8) is 0 Å². The van der Waals surface area contributed by atoms with Gasteiger partial charge in [-0.15, -0.1) is 0 Å². The summed E-state index contributed by atoms with van der Waals surface area (Å²) in [7, 11) is 0. The molecule has 0 aromatic carbocycles. The summed E-state index contributed by atoms with van der Waals surface area (Å²) in [6.45, 7) is 5.97. The Bertz CT molecular complexity index is 432. The molecule has 0 heterocycles. The predicted octanol–water partition coefficient (Wildman–Crippen LogP) is 1.57. The van der Waals surface area contributed by atoms with Gasteiger partial charge >= 0.3 is 12.0 Å². The van der Waals surface area contributed by atoms with E-state index in [0.717, 1.165) is 38.5 Å². The molecule has 0 bridgehead atoms. The number of hydrogen-bond donors (Lipinski definition) is 3. The van der Waals surface area contributed by atoms with Gasteiger partial charge in [0.1, 0.15) is 0 Å². The number of likely N-dealkylation sites (N-methyl/N-ethyl adjacent to an activating group) is 1. The summed E-state index contributed by atoms with van der Waals surface area (Å²) in [4.78, 5) is 24.9. The van der Waals surface area contributed by atoms with Gasteiger partial charge in [0.25, 0.3) is 0 Å². The molecule has 7 nitrogen and oxygen atoms in total. The molecule has 7 heteroatoms. The van der Waals surface area contributed by atoms with Crippen molar-refractivity contribution in [1.82, 2.24) is 15.5 Å². The maximum absolute atomic E-state index is 12.1. The minimum absolute atomic E-state index is 0.0664. The van der Waals surface area contributed by atoms with E-state index in [0.29, 0.717) is 19.7 Å². The van der Waals surface area contributed by atoms with Gasteiger partial charge in [-0.25, -0.2) is 4.79 Å². The van der Waals surface area contributed by atoms with Crippen molar-refractivity contribution < 1.29 is 19.4 Å². The van der Waals surface area contributed by atoms with Gasteiger partial charge in [0.05, 0.1) is 12.1 Å². The van der Waals surface area contributed by atoms with E-state index in [-0.39, 0.29) is 30.3 Å². The summed E-state index contributed by atoms with van der Waals surface area (Å²) in [5, 5.41) is 14.8. The van der Waals surface area contributed by atoms with E-state index < -0.39 is 5.97 Å². The summed E-state index contributed by atoms with van der Waals surface area (Å²) < 4.78 is 5.88. The molecule has 0 atom stereocenters. The highest BCUT2D eigenvalue weighted by Gasteiger charge is 2.37. The lowest BCUT2D eigenvalue weighted by Crippen LogP contribution is -2.57. The summed E-state index contributed by atoms with van der Waals surface area (Å²) in [6.07, 6.45) is 5.95. The Hall–Kier alpha value is -1.34. The number of nitrogens with zero attached hydrogens (tertiary/aromatic N) is 1. The molecule has 0 aromatic heterocycles. The molecule has 2 saturated carbocycles. The number of aliphatic carboxylic acids is 1. The maximum atomic E-state index is 12.1. The van der Waals surface area contributed by atoms with Crippen molar-refractivity contribution in [3.05, 3.63) is 0 Å². The molecule has 0 aliphatic heterocycles. The van der Waals surface area contributed by atoms with E-state index in [2.05, 4.69) is 10.6 Å². The van der Waals surface area contributed by atoms with Crippen LogP contribution in [0.25, 0.3) is 0 Å². The summed E-state index contributed by atoms with van der Waals surface area (Å²) >= 11 is 0. The van der Waals surface area contributed by atoms with Crippen molar-refractivity contribution in [2.45, 2.75) is 70.1 Å². The second-order valence-electron chi connectivity index (χ2n) is 6.93. The Balaban J connectivity index is 1.68. The quantitative estimate of drug-likeness (QED) is 0.592. The number of hydrogen-bond acceptors (Lipinski definition) is 4. The Labute approximate surface area is 144 Å². The molecule has 0 unspecified atom stereocenters. The fourth-order valence-corrected chi connectivity index (χ4v) is 3.85. The van der Waals surface area contributed by atoms with Gasteiger partial charge in [0.2, 0.25) is 0 Å². The largest absolute Gasteiger partial charge is 0.480 e. The lowest BCUT2D eigenvalue weighted by Gasteiger charge is -2.42. The fraction of sp³-hybridized carbons (Fsp3) is 0.882. The zero-order valence-electron chi connectivity index (χ0n) is 14.8. The van der Waals surface area contributed by atoms with Crippen LogP contribution in [0.5, 0.6) is 0 Å². The van der Waals surface area contributed by atoms with Crippen LogP contribution in [0.4, 0.5) is 4.79 Å². The van der Waals surface area contributed by atoms with E-state index in [1.54, 1.807) is 0 Å². The standard InChI is InChI=1S/C17H31N3O4/c1-3-20(11-15(21)22)14-9-13(10-14)19-16(23)18-12-17(24-4-2)7-5-6-8-17/h13-14H,3-12H2,1-2H3,(H,21,22)(H2,18,19,23). The normalized spacial score (nSPS) is 25.3. The van der Waals surface area contributed by atoms with Crippen LogP contribution in [0.15, 0.2) is 0 Å². The second kappa shape index (κ2) is 8.67. The SMILES string of the molecule is CCOC1(CNC(=O)NC2CC(N(CC)CC(=O)O)C2)CCCC1. The predicted molar refractivity (Wildman–Crippen MR) is 91.1 cm³/mol. The zero-order valence-corrected chi connectivity index (χ0v) is 14.8. The first-order valence-corrected chi connectivity index (χ1v) is 9.12. The van der Waals surface area contributed by atoms with Gasteiger partial charge in [-0.1, -0.05) is 19.8 Å². The van der Waals surface area contributed by atoms with Crippen LogP contribution in [0.2, 0.25) is 0 Å². The van der Waals surface area contributed by atoms with Gasteiger partial charge < -0.3 is 20.5 Å². The van der Waals surface area contributed by atoms with Crippen molar-refractivity contribution in [1.29, 1.82) is 0 Å². The summed E-state index contributed by atoms with van der Waals surface area (Å²) in [5.74, 6) is -0.802. The number of carbonyl (C=O) groups is 2. The topological polar surface area (TPSA) is 90.9 Å². The molecule has 2 amide bonds. The van der Waals surface area contributed by atoms with Gasteiger partial charge in [-0.3, -0.25) is 9.69 Å². The molecule has 2 rings (SSSR count). The first-order chi connectivity index (χ1) is 11.5. The number of ether oxygens (including phenoxy) is 1. The first-order valence-electron chi connectivity index (χ1n) is 9.12. The molecule has 0 spiro atoms. The lowest BCUT2D eigenvalue weighted by atomic mass is 9.85. The van der Waals surface area contributed by atoms with Crippen LogP contribution in [-0.2, 0) is 9.53 Å². The highest BCUT2D eigenvalue weighted by molar-refractivity contribution is 5.74. The Morgan fingerprint density at radius 2 is 1.92 bits per heavy atom. The molecule has 3 N–H and O–H groups in total. The fourth-order valence-electron chi connectivity index (χ4n) is 3.85. The number of carboxylic acid groups (broad SMARTS) is 1. The Morgan fingerprint density at radius 3 is 2.46 bits per heavy atom. The van der Waals surface area contributed by atoms with Gasteiger partial charge in [-0.05, 0) is 39.2 Å². The van der Waals surface area contributed by atoms with Crippen LogP contribution in [0.1, 0.15) is 52.4 Å². The van der Waals surface area contributed by atoms with Gasteiger partial charge in [-0.2, -0.15) is 0 Å². The highest BCUT2D eigenvalue weighted by Crippen LogP contribution is 2.32. The average Bonchev–Trinajstić information content (AvgIpc) is 2.95. The number of urea groups is 1. The van der Waals surface area contributed by atoms with E-state index in [1.807, 2.05) is 18.7 Å². The van der Waals surface area contributed by atoms with E-state index in [1.165, 1.54) is 0 Å². The molecule has 24 heavy (non-hydrogen) atoms. The molecule has 0 aromatic rings. The number of amides is 2. The van der Waals surface area contributed by atoms with Crippen LogP contribution in [0, 0.1) is 0 Å². The third-order valence-corrected chi connectivity index (χ3v) is 5.25. The van der Waals surface area contributed by atoms with E-state index in [4.69, 9.17) is 9.84 Å². The molecule has 2 aliphatic carbocycles. The van der Waals surface area contributed by atoms with Gasteiger partial charge in [0, 0.05) is 25.2 Å². The second-order valence-corrected chi connectivity index (χ2v) is 6.93. The number of carbonyl (C=O) groups excluding carboxylic acids is 1. The zero-order chi connectivity index (χ0) is 17.6. The molecule has 138 valence electrons. The lowest BCUT2D eigenvalue weighted by molar-refractivity contribution is -0.139. The van der Waals surface area contributed by atoms with Crippen molar-refractivity contribution in [2.75, 3.05) is 26.2 Å². The number of carboxylic acids is 1. The summed E-state index contributed by atoms with van der Waals surface area (Å²) in [5.41, 5.74) is -0.186. The van der Waals surface area contributed by atoms with Crippen molar-refractivity contribution >= 4 is 12.0 Å². The van der Waals surface area contributed by atoms with Crippen LogP contribution in [-0.4, -0.2) is 65.9 Å². The van der Waals surface area contributed by atoms with Crippen LogP contribution < -0.4 is 10.6 Å². The molecule has 2 fully saturated rings. The maximum Gasteiger partial charge on any atom is 0.317 e. The highest BCUT2D eigenvalue weighted by atomic mass is 16.5. The summed E-state index contributed by atoms with van der Waals surface area (Å²) in [6, 6.07) is 0.233. The minimum atomic E-state index is -0.802.